The lowest BCUT2D eigenvalue weighted by molar-refractivity contribution is -0.122. The molecule has 11 heteroatoms. The molecule has 1 fully saturated rings. The third kappa shape index (κ3) is 5.49. The molecule has 40 heavy (non-hydrogen) atoms. The molecule has 0 bridgehead atoms. The van der Waals surface area contributed by atoms with Gasteiger partial charge >= 0.3 is 0 Å². The molecule has 1 saturated heterocycles. The molecule has 3 aromatic rings. The molecule has 0 spiro atoms. The first-order chi connectivity index (χ1) is 19.3. The Balaban J connectivity index is 1.36. The fourth-order valence-electron chi connectivity index (χ4n) is 4.59. The summed E-state index contributed by atoms with van der Waals surface area (Å²) in [6, 6.07) is 19.9. The van der Waals surface area contributed by atoms with Crippen molar-refractivity contribution in [3.8, 4) is 11.5 Å². The van der Waals surface area contributed by atoms with E-state index in [1.807, 2.05) is 24.3 Å². The van der Waals surface area contributed by atoms with E-state index in [1.54, 1.807) is 56.7 Å². The van der Waals surface area contributed by atoms with Crippen molar-refractivity contribution in [3.63, 3.8) is 0 Å². The largest absolute Gasteiger partial charge is 0.493 e. The van der Waals surface area contributed by atoms with Crippen LogP contribution in [0.5, 0.6) is 11.5 Å². The number of methoxy groups -OCH3 is 2. The molecule has 5 rings (SSSR count). The summed E-state index contributed by atoms with van der Waals surface area (Å²) in [6.07, 6.45) is 0.530. The lowest BCUT2D eigenvalue weighted by Crippen LogP contribution is -2.35. The van der Waals surface area contributed by atoms with Gasteiger partial charge in [-0.1, -0.05) is 70.2 Å². The molecule has 3 amide bonds. The van der Waals surface area contributed by atoms with E-state index < -0.39 is 5.91 Å². The monoisotopic (exact) mass is 637 g/mol. The number of ether oxygens (including phenoxy) is 2. The molecule has 0 saturated carbocycles. The number of carbonyl (C=O) groups excluding carboxylic acids is 3. The predicted molar refractivity (Wildman–Crippen MR) is 164 cm³/mol. The Kier molecular flexibility index (Phi) is 8.24. The number of para-hydroxylation sites is 1. The molecule has 1 N–H and O–H groups in total. The number of benzene rings is 3. The molecule has 2 heterocycles. The zero-order valence-electron chi connectivity index (χ0n) is 21.6. The Labute approximate surface area is 249 Å². The van der Waals surface area contributed by atoms with Crippen LogP contribution in [0.25, 0.3) is 5.57 Å². The van der Waals surface area contributed by atoms with Crippen molar-refractivity contribution in [1.29, 1.82) is 0 Å². The minimum Gasteiger partial charge on any atom is -0.493 e. The van der Waals surface area contributed by atoms with Crippen LogP contribution in [0.1, 0.15) is 11.1 Å². The number of nitrogens with zero attached hydrogens (tertiary/aromatic N) is 2. The molecule has 2 aliphatic heterocycles. The number of amides is 3. The molecule has 0 radical (unpaired) electrons. The topological polar surface area (TPSA) is 88.2 Å². The summed E-state index contributed by atoms with van der Waals surface area (Å²) in [5, 5.41) is 2.82. The van der Waals surface area contributed by atoms with E-state index in [-0.39, 0.29) is 28.8 Å². The molecular formula is C29H24BrN3O5S2. The molecule has 0 unspecified atom stereocenters. The van der Waals surface area contributed by atoms with Gasteiger partial charge in [-0.05, 0) is 48.4 Å². The molecule has 8 nitrogen and oxygen atoms in total. The zero-order valence-corrected chi connectivity index (χ0v) is 24.8. The maximum Gasteiger partial charge on any atom is 0.267 e. The number of anilines is 2. The number of hydrogen-bond donors (Lipinski definition) is 1. The number of rotatable bonds is 8. The van der Waals surface area contributed by atoms with Crippen molar-refractivity contribution in [3.05, 3.63) is 87.2 Å². The highest BCUT2D eigenvalue weighted by molar-refractivity contribution is 9.10. The second kappa shape index (κ2) is 11.8. The summed E-state index contributed by atoms with van der Waals surface area (Å²) in [7, 11) is 3.14. The lowest BCUT2D eigenvalue weighted by Gasteiger charge is -2.17. The van der Waals surface area contributed by atoms with Crippen LogP contribution in [-0.4, -0.2) is 54.3 Å². The van der Waals surface area contributed by atoms with E-state index in [4.69, 9.17) is 21.7 Å². The van der Waals surface area contributed by atoms with Crippen LogP contribution in [0.15, 0.2) is 76.1 Å². The van der Waals surface area contributed by atoms with Crippen molar-refractivity contribution in [1.82, 2.24) is 4.90 Å². The Hall–Kier alpha value is -3.67. The van der Waals surface area contributed by atoms with Gasteiger partial charge in [0.2, 0.25) is 5.91 Å². The molecule has 204 valence electrons. The first-order valence-corrected chi connectivity index (χ1v) is 14.3. The number of fused-ring (bicyclic) bond motifs is 1. The van der Waals surface area contributed by atoms with Crippen molar-refractivity contribution in [2.45, 2.75) is 6.42 Å². The van der Waals surface area contributed by atoms with Crippen molar-refractivity contribution in [2.75, 3.05) is 37.5 Å². The van der Waals surface area contributed by atoms with Gasteiger partial charge in [-0.15, -0.1) is 0 Å². The molecule has 0 aliphatic carbocycles. The van der Waals surface area contributed by atoms with Gasteiger partial charge in [0, 0.05) is 22.3 Å². The summed E-state index contributed by atoms with van der Waals surface area (Å²) < 4.78 is 11.9. The van der Waals surface area contributed by atoms with Gasteiger partial charge in [-0.25, -0.2) is 0 Å². The van der Waals surface area contributed by atoms with E-state index in [1.165, 1.54) is 9.80 Å². The second-order valence-corrected chi connectivity index (χ2v) is 11.5. The van der Waals surface area contributed by atoms with Crippen LogP contribution in [0.2, 0.25) is 0 Å². The van der Waals surface area contributed by atoms with Crippen LogP contribution in [-0.2, 0) is 20.8 Å². The number of nitrogens with one attached hydrogen (secondary N) is 1. The van der Waals surface area contributed by atoms with Gasteiger partial charge in [0.05, 0.1) is 30.4 Å². The van der Waals surface area contributed by atoms with Gasteiger partial charge in [-0.3, -0.25) is 24.2 Å². The van der Waals surface area contributed by atoms with E-state index >= 15 is 0 Å². The summed E-state index contributed by atoms with van der Waals surface area (Å²) >= 11 is 10.0. The van der Waals surface area contributed by atoms with E-state index in [9.17, 15) is 14.4 Å². The number of halogens is 1. The fraction of sp³-hybridized carbons (Fsp3) is 0.172. The summed E-state index contributed by atoms with van der Waals surface area (Å²) in [5.74, 6) is 0.129. The van der Waals surface area contributed by atoms with E-state index in [0.29, 0.717) is 45.7 Å². The minimum absolute atomic E-state index is 0.203. The third-order valence-corrected chi connectivity index (χ3v) is 8.42. The Morgan fingerprint density at radius 2 is 1.73 bits per heavy atom. The quantitative estimate of drug-likeness (QED) is 0.266. The summed E-state index contributed by atoms with van der Waals surface area (Å²) in [4.78, 5) is 43.3. The molecule has 0 aromatic heterocycles. The number of thiocarbonyl (C=S) groups is 1. The normalized spacial score (nSPS) is 16.4. The van der Waals surface area contributed by atoms with Crippen molar-refractivity contribution in [2.24, 2.45) is 0 Å². The van der Waals surface area contributed by atoms with Gasteiger partial charge in [0.25, 0.3) is 11.8 Å². The lowest BCUT2D eigenvalue weighted by atomic mass is 10.1. The first kappa shape index (κ1) is 27.9. The third-order valence-electron chi connectivity index (χ3n) is 6.48. The summed E-state index contributed by atoms with van der Waals surface area (Å²) in [5.41, 5.74) is 2.99. The van der Waals surface area contributed by atoms with Crippen LogP contribution < -0.4 is 19.7 Å². The molecular weight excluding hydrogens is 614 g/mol. The van der Waals surface area contributed by atoms with Crippen LogP contribution in [0, 0.1) is 0 Å². The highest BCUT2D eigenvalue weighted by Crippen LogP contribution is 2.44. The van der Waals surface area contributed by atoms with Gasteiger partial charge in [0.1, 0.15) is 10.9 Å². The van der Waals surface area contributed by atoms with Gasteiger partial charge < -0.3 is 14.8 Å². The SMILES string of the molecule is COc1ccc(CCN2C(=O)/C(=C3/C(=O)N(CC(=O)Nc4cccc(Br)c4)c4ccccc43)SC2=S)cc1OC. The maximum atomic E-state index is 13.7. The van der Waals surface area contributed by atoms with Gasteiger partial charge in [-0.2, -0.15) is 0 Å². The summed E-state index contributed by atoms with van der Waals surface area (Å²) in [6.45, 7) is 0.136. The van der Waals surface area contributed by atoms with Crippen LogP contribution in [0.3, 0.4) is 0 Å². The smallest absolute Gasteiger partial charge is 0.267 e. The van der Waals surface area contributed by atoms with Crippen molar-refractivity contribution < 1.29 is 23.9 Å². The number of hydrogen-bond acceptors (Lipinski definition) is 7. The Bertz CT molecular complexity index is 1570. The molecule has 2 aliphatic rings. The van der Waals surface area contributed by atoms with Gasteiger partial charge in [0.15, 0.2) is 11.5 Å². The Morgan fingerprint density at radius 1 is 0.950 bits per heavy atom. The highest BCUT2D eigenvalue weighted by Gasteiger charge is 2.42. The predicted octanol–water partition coefficient (Wildman–Crippen LogP) is 5.27. The van der Waals surface area contributed by atoms with Crippen LogP contribution >= 0.6 is 39.9 Å². The standard InChI is InChI=1S/C29H24BrN3O5S2/c1-37-22-11-10-17(14-23(22)38-2)12-13-32-28(36)26(40-29(32)39)25-20-8-3-4-9-21(20)33(27(25)35)16-24(34)31-19-7-5-6-18(30)15-19/h3-11,14-15H,12-13,16H2,1-2H3,(H,31,34)/b26-25-. The second-order valence-electron chi connectivity index (χ2n) is 8.94. The fourth-order valence-corrected chi connectivity index (χ4v) is 6.37. The van der Waals surface area contributed by atoms with Crippen LogP contribution in [0.4, 0.5) is 11.4 Å². The Morgan fingerprint density at radius 3 is 2.48 bits per heavy atom. The van der Waals surface area contributed by atoms with E-state index in [0.717, 1.165) is 21.8 Å². The molecule has 3 aromatic carbocycles. The average Bonchev–Trinajstić information content (AvgIpc) is 3.38. The van der Waals surface area contributed by atoms with E-state index in [2.05, 4.69) is 21.2 Å². The first-order valence-electron chi connectivity index (χ1n) is 12.3. The minimum atomic E-state index is -0.411. The zero-order chi connectivity index (χ0) is 28.4. The number of carbonyl (C=O) groups is 3. The maximum absolute atomic E-state index is 13.7. The van der Waals surface area contributed by atoms with Crippen molar-refractivity contribution >= 4 is 78.9 Å². The molecule has 0 atom stereocenters. The highest BCUT2D eigenvalue weighted by atomic mass is 79.9. The average molecular weight is 639 g/mol. The number of thioether (sulfide) groups is 1.